The molecular formula is C89H84F3Ir2N6O8SSi2-2. The summed E-state index contributed by atoms with van der Waals surface area (Å²) in [4.78, 5) is 26.3. The number of furan rings is 2. The van der Waals surface area contributed by atoms with Crippen molar-refractivity contribution in [2.45, 2.75) is 51.7 Å². The van der Waals surface area contributed by atoms with E-state index in [0.717, 1.165) is 126 Å². The van der Waals surface area contributed by atoms with Gasteiger partial charge < -0.3 is 49.1 Å². The maximum Gasteiger partial charge on any atom is 3.00 e. The predicted octanol–water partition coefficient (Wildman–Crippen LogP) is 20.0. The van der Waals surface area contributed by atoms with E-state index >= 15 is 0 Å². The number of rotatable bonds is 8. The fraction of sp³-hybridized carbons (Fsp3) is 0.124. The summed E-state index contributed by atoms with van der Waals surface area (Å²) in [6.07, 6.45) is 11.2. The molecule has 0 spiro atoms. The first-order chi connectivity index (χ1) is 52.6. The molecule has 16 rings (SSSR count). The van der Waals surface area contributed by atoms with E-state index in [4.69, 9.17) is 42.1 Å². The smallest absolute Gasteiger partial charge is 0.501 e. The molecule has 8 heterocycles. The van der Waals surface area contributed by atoms with Gasteiger partial charge in [-0.15, -0.1) is 162 Å². The van der Waals surface area contributed by atoms with Crippen LogP contribution in [0.25, 0.3) is 111 Å². The number of hydrogen-bond acceptors (Lipinski definition) is 13. The van der Waals surface area contributed by atoms with Crippen molar-refractivity contribution in [3.63, 3.8) is 0 Å². The van der Waals surface area contributed by atoms with Crippen molar-refractivity contribution in [3.05, 3.63) is 340 Å². The summed E-state index contributed by atoms with van der Waals surface area (Å²) in [5.41, 5.74) is 9.99. The molecule has 0 fully saturated rings. The Kier molecular flexibility index (Phi) is 38.0. The van der Waals surface area contributed by atoms with Crippen LogP contribution in [0.5, 0.6) is 0 Å². The number of aromatic nitrogens is 6. The van der Waals surface area contributed by atoms with Crippen molar-refractivity contribution < 1.29 is 90.5 Å². The molecule has 8 aromatic heterocycles. The van der Waals surface area contributed by atoms with E-state index in [1.807, 2.05) is 225 Å². The van der Waals surface area contributed by atoms with Gasteiger partial charge in [0.25, 0.3) is 0 Å². The molecule has 0 amide bonds. The number of aliphatic hydroxyl groups is 3. The number of para-hydroxylation sites is 3. The molecule has 0 saturated carbocycles. The van der Waals surface area contributed by atoms with Gasteiger partial charge in [-0.25, -0.2) is 0 Å². The second-order valence-electron chi connectivity index (χ2n) is 25.0. The summed E-state index contributed by atoms with van der Waals surface area (Å²) >= 11 is 0. The molecule has 22 heteroatoms. The van der Waals surface area contributed by atoms with Crippen LogP contribution < -0.4 is 10.4 Å². The van der Waals surface area contributed by atoms with Crippen molar-refractivity contribution in [1.82, 2.24) is 29.9 Å². The van der Waals surface area contributed by atoms with E-state index in [0.29, 0.717) is 0 Å². The summed E-state index contributed by atoms with van der Waals surface area (Å²) in [6.45, 7) is 15.9. The van der Waals surface area contributed by atoms with Gasteiger partial charge in [0.2, 0.25) is 0 Å². The molecule has 16 aromatic rings. The largest absolute Gasteiger partial charge is 3.00 e. The van der Waals surface area contributed by atoms with Gasteiger partial charge in [0.15, 0.2) is 0 Å². The van der Waals surface area contributed by atoms with Crippen molar-refractivity contribution in [2.24, 2.45) is 0 Å². The van der Waals surface area contributed by atoms with Gasteiger partial charge in [0.05, 0.1) is 27.4 Å². The van der Waals surface area contributed by atoms with Gasteiger partial charge in [0.1, 0.15) is 16.7 Å². The second-order valence-corrected chi connectivity index (χ2v) is 36.6. The molecule has 8 aromatic carbocycles. The van der Waals surface area contributed by atoms with Crippen LogP contribution in [0.2, 0.25) is 39.3 Å². The van der Waals surface area contributed by atoms with Crippen molar-refractivity contribution in [1.29, 1.82) is 0 Å². The molecule has 0 aliphatic heterocycles. The van der Waals surface area contributed by atoms with Crippen molar-refractivity contribution in [2.75, 3.05) is 20.8 Å². The number of hydrogen-bond donors (Lipinski definition) is 4. The monoisotopic (exact) mass is 1900 g/mol. The maximum absolute atomic E-state index is 10.7. The molecule has 0 bridgehead atoms. The van der Waals surface area contributed by atoms with Crippen molar-refractivity contribution >= 4 is 80.5 Å². The Bertz CT molecular complexity index is 4770. The molecule has 0 saturated heterocycles. The first-order valence-electron chi connectivity index (χ1n) is 34.3. The Morgan fingerprint density at radius 1 is 0.378 bits per heavy atom. The summed E-state index contributed by atoms with van der Waals surface area (Å²) < 4.78 is 69.7. The minimum Gasteiger partial charge on any atom is -0.501 e. The molecule has 111 heavy (non-hydrogen) atoms. The topological polar surface area (TPSA) is 219 Å². The first-order valence-corrected chi connectivity index (χ1v) is 42.8. The Morgan fingerprint density at radius 2 is 0.694 bits per heavy atom. The summed E-state index contributed by atoms with van der Waals surface area (Å²) in [5.74, 6) is 0. The van der Waals surface area contributed by atoms with E-state index in [-0.39, 0.29) is 46.8 Å². The number of fused-ring (bicyclic) bond motifs is 6. The molecule has 0 unspecified atom stereocenters. The van der Waals surface area contributed by atoms with E-state index in [9.17, 15) is 13.2 Å². The van der Waals surface area contributed by atoms with Gasteiger partial charge in [-0.05, 0) is 94.3 Å². The molecule has 0 aliphatic carbocycles. The van der Waals surface area contributed by atoms with Gasteiger partial charge >= 0.3 is 35.7 Å². The fourth-order valence-corrected chi connectivity index (χ4v) is 12.2. The zero-order valence-electron chi connectivity index (χ0n) is 62.5. The van der Waals surface area contributed by atoms with Crippen LogP contribution in [0.15, 0.2) is 319 Å². The zero-order valence-corrected chi connectivity index (χ0v) is 70.1. The zero-order chi connectivity index (χ0) is 78.7. The number of halogens is 3. The van der Waals surface area contributed by atoms with Crippen LogP contribution in [-0.2, 0) is 50.3 Å². The normalized spacial score (nSPS) is 10.5. The van der Waals surface area contributed by atoms with E-state index in [1.54, 1.807) is 31.7 Å². The third kappa shape index (κ3) is 27.8. The number of alkyl halides is 3. The minimum atomic E-state index is -5.84. The Labute approximate surface area is 676 Å². The molecule has 0 aliphatic rings. The molecule has 14 nitrogen and oxygen atoms in total. The summed E-state index contributed by atoms with van der Waals surface area (Å²) in [7, 11) is -6.50. The summed E-state index contributed by atoms with van der Waals surface area (Å²) in [5, 5.41) is 28.9. The van der Waals surface area contributed by atoms with Crippen LogP contribution >= 0.6 is 0 Å². The Hall–Kier alpha value is -10.4. The molecule has 573 valence electrons. The van der Waals surface area contributed by atoms with E-state index in [2.05, 4.69) is 155 Å². The standard InChI is InChI=1S/C20H19NOSi.C20H18NOSi.4C11H8N.C2H6O.CHF3O3S.2CH4O.2Ir/c2*1-23(2,3)14-11-12-18(21-13-14)17-9-6-8-16-15-7-4-5-10-19(15)22-20(16)17;4*1-2-6-10(7-3-1)11-8-4-5-9-12-11;1-2-3;2-1(3,4)8(5,6)7;2*1-2;;/h4-13H,1-3H3;4-8,10-13H,1-3H3;4*1-6,8-9H;3H,2H2,1H3;(H,5,6,7);2*2H,1H3;;/q;5*-1;;;;;;+3. The van der Waals surface area contributed by atoms with Crippen LogP contribution in [0.1, 0.15) is 6.92 Å². The molecular weight excluding hydrogens is 1810 g/mol. The number of nitrogens with zero attached hydrogens (tertiary/aromatic N) is 6. The number of aliphatic hydroxyl groups excluding tert-OH is 3. The second kappa shape index (κ2) is 46.3. The molecule has 1 radical (unpaired) electrons. The van der Waals surface area contributed by atoms with Crippen LogP contribution in [-0.4, -0.2) is 101 Å². The molecule has 0 atom stereocenters. The van der Waals surface area contributed by atoms with Crippen LogP contribution in [0.3, 0.4) is 0 Å². The quantitative estimate of drug-likeness (QED) is 0.0482. The van der Waals surface area contributed by atoms with Crippen molar-refractivity contribution in [3.8, 4) is 67.5 Å². The Morgan fingerprint density at radius 3 is 1.00 bits per heavy atom. The SMILES string of the molecule is CCO.CO.CO.C[Si](C)(C)c1ccc(-c2[c-]ccc3c2oc2ccccc23)nc1.C[Si](C)(C)c1ccc(-c2cccc3c2oc2ccccc23)nc1.O=S(=O)(O)C(F)(F)F.[Ir+3].[Ir].[c-]1ccccc1-c1ccccn1.[c-]1ccccc1-c1ccccn1.[c-]1ccccc1-c1ccccn1.[c-]1ccccc1-c1ccccn1. The van der Waals surface area contributed by atoms with Gasteiger partial charge in [-0.1, -0.05) is 165 Å². The van der Waals surface area contributed by atoms with E-state index < -0.39 is 31.8 Å². The predicted molar refractivity (Wildman–Crippen MR) is 439 cm³/mol. The third-order valence-corrected chi connectivity index (χ3v) is 20.1. The van der Waals surface area contributed by atoms with Crippen LogP contribution in [0, 0.1) is 30.3 Å². The van der Waals surface area contributed by atoms with E-state index in [1.165, 1.54) is 10.4 Å². The number of benzene rings is 8. The van der Waals surface area contributed by atoms with Gasteiger partial charge in [0, 0.05) is 99.8 Å². The minimum absolute atomic E-state index is 0. The fourth-order valence-electron chi connectivity index (χ4n) is 10.1. The average Bonchev–Trinajstić information content (AvgIpc) is 1.64. The average molecular weight is 1900 g/mol. The Balaban J connectivity index is 0.000000234. The van der Waals surface area contributed by atoms with Gasteiger partial charge in [-0.3, -0.25) is 9.54 Å². The van der Waals surface area contributed by atoms with Gasteiger partial charge in [-0.2, -0.15) is 21.6 Å². The number of pyridine rings is 6. The first kappa shape index (κ1) is 91.2. The summed E-state index contributed by atoms with van der Waals surface area (Å²) in [6, 6.07) is 106. The third-order valence-electron chi connectivity index (χ3n) is 15.4. The van der Waals surface area contributed by atoms with Crippen LogP contribution in [0.4, 0.5) is 13.2 Å². The molecule has 4 N–H and O–H groups in total. The maximum atomic E-state index is 10.7.